The van der Waals surface area contributed by atoms with E-state index < -0.39 is 0 Å². The minimum atomic E-state index is 0.551. The van der Waals surface area contributed by atoms with Crippen LogP contribution < -0.4 is 10.5 Å². The van der Waals surface area contributed by atoms with Crippen LogP contribution in [0.2, 0.25) is 0 Å². The second kappa shape index (κ2) is 6.40. The molecule has 0 aromatic heterocycles. The topological polar surface area (TPSA) is 38.5 Å². The molecule has 2 rings (SSSR count). The van der Waals surface area contributed by atoms with Crippen molar-refractivity contribution in [3.63, 3.8) is 0 Å². The zero-order valence-corrected chi connectivity index (χ0v) is 12.4. The van der Waals surface area contributed by atoms with Crippen LogP contribution in [0.5, 0.6) is 5.75 Å². The Morgan fingerprint density at radius 2 is 2.11 bits per heavy atom. The maximum absolute atomic E-state index is 5.83. The number of nitrogens with zero attached hydrogens (tertiary/aromatic N) is 1. The van der Waals surface area contributed by atoms with Gasteiger partial charge in [0.25, 0.3) is 0 Å². The van der Waals surface area contributed by atoms with E-state index in [4.69, 9.17) is 10.5 Å². The zero-order valence-electron chi connectivity index (χ0n) is 12.4. The molecule has 1 atom stereocenters. The molecule has 3 nitrogen and oxygen atoms in total. The van der Waals surface area contributed by atoms with Crippen LogP contribution in [-0.2, 0) is 19.5 Å². The molecule has 0 spiro atoms. The number of nitrogens with two attached hydrogens (primary N) is 1. The van der Waals surface area contributed by atoms with Gasteiger partial charge in [-0.15, -0.1) is 0 Å². The normalized spacial score (nSPS) is 19.3. The number of ether oxygens (including phenoxy) is 1. The van der Waals surface area contributed by atoms with Crippen LogP contribution in [0.25, 0.3) is 0 Å². The van der Waals surface area contributed by atoms with Gasteiger partial charge in [-0.3, -0.25) is 4.90 Å². The van der Waals surface area contributed by atoms with Crippen molar-refractivity contribution in [1.82, 2.24) is 4.90 Å². The molecule has 0 radical (unpaired) electrons. The average Bonchev–Trinajstić information content (AvgIpc) is 2.40. The first-order valence-electron chi connectivity index (χ1n) is 7.41. The van der Waals surface area contributed by atoms with Crippen molar-refractivity contribution in [2.24, 2.45) is 5.73 Å². The van der Waals surface area contributed by atoms with Gasteiger partial charge in [-0.25, -0.2) is 0 Å². The van der Waals surface area contributed by atoms with Crippen molar-refractivity contribution in [3.8, 4) is 5.75 Å². The lowest BCUT2D eigenvalue weighted by molar-refractivity contribution is 0.184. The van der Waals surface area contributed by atoms with Gasteiger partial charge < -0.3 is 10.5 Å². The highest BCUT2D eigenvalue weighted by molar-refractivity contribution is 5.44. The van der Waals surface area contributed by atoms with E-state index in [1.165, 1.54) is 24.1 Å². The summed E-state index contributed by atoms with van der Waals surface area (Å²) in [6.45, 7) is 10.0. The van der Waals surface area contributed by atoms with Gasteiger partial charge in [0.05, 0.1) is 6.61 Å². The molecule has 2 N–H and O–H groups in total. The summed E-state index contributed by atoms with van der Waals surface area (Å²) in [6, 6.07) is 5.08. The molecule has 1 aromatic carbocycles. The highest BCUT2D eigenvalue weighted by Gasteiger charge is 2.23. The molecular weight excluding hydrogens is 236 g/mol. The van der Waals surface area contributed by atoms with Gasteiger partial charge >= 0.3 is 0 Å². The van der Waals surface area contributed by atoms with E-state index in [2.05, 4.69) is 30.9 Å². The minimum Gasteiger partial charge on any atom is -0.494 e. The van der Waals surface area contributed by atoms with E-state index in [0.717, 1.165) is 24.3 Å². The third kappa shape index (κ3) is 3.10. The largest absolute Gasteiger partial charge is 0.494 e. The van der Waals surface area contributed by atoms with Crippen LogP contribution in [-0.4, -0.2) is 24.1 Å². The minimum absolute atomic E-state index is 0.551. The van der Waals surface area contributed by atoms with E-state index in [1.807, 2.05) is 6.92 Å². The van der Waals surface area contributed by atoms with Crippen LogP contribution in [0.1, 0.15) is 43.9 Å². The number of hydrogen-bond acceptors (Lipinski definition) is 3. The highest BCUT2D eigenvalue weighted by atomic mass is 16.5. The van der Waals surface area contributed by atoms with E-state index in [-0.39, 0.29) is 0 Å². The first-order chi connectivity index (χ1) is 9.19. The van der Waals surface area contributed by atoms with Gasteiger partial charge in [0.15, 0.2) is 0 Å². The van der Waals surface area contributed by atoms with Crippen molar-refractivity contribution in [1.29, 1.82) is 0 Å². The first-order valence-corrected chi connectivity index (χ1v) is 7.41. The van der Waals surface area contributed by atoms with Crippen molar-refractivity contribution in [3.05, 3.63) is 28.8 Å². The fourth-order valence-corrected chi connectivity index (χ4v) is 2.91. The Morgan fingerprint density at radius 1 is 1.32 bits per heavy atom. The Hall–Kier alpha value is -1.06. The predicted octanol–water partition coefficient (Wildman–Crippen LogP) is 2.70. The standard InChI is InChI=1S/C16H26N2O/c1-4-6-18-11-15-9-16(19-5-2)14(10-17)8-13(15)7-12(18)3/h8-9,12H,4-7,10-11,17H2,1-3H3. The second-order valence-corrected chi connectivity index (χ2v) is 5.39. The summed E-state index contributed by atoms with van der Waals surface area (Å²) in [4.78, 5) is 2.56. The second-order valence-electron chi connectivity index (χ2n) is 5.39. The Kier molecular flexibility index (Phi) is 4.83. The molecule has 0 aliphatic carbocycles. The maximum atomic E-state index is 5.83. The highest BCUT2D eigenvalue weighted by Crippen LogP contribution is 2.30. The van der Waals surface area contributed by atoms with E-state index in [0.29, 0.717) is 19.2 Å². The summed E-state index contributed by atoms with van der Waals surface area (Å²) in [5, 5.41) is 0. The summed E-state index contributed by atoms with van der Waals surface area (Å²) in [6.07, 6.45) is 2.33. The molecule has 0 fully saturated rings. The molecule has 3 heteroatoms. The Morgan fingerprint density at radius 3 is 2.74 bits per heavy atom. The lowest BCUT2D eigenvalue weighted by Gasteiger charge is -2.35. The number of rotatable bonds is 5. The fourth-order valence-electron chi connectivity index (χ4n) is 2.91. The molecule has 1 unspecified atom stereocenters. The number of hydrogen-bond donors (Lipinski definition) is 1. The molecule has 0 amide bonds. The lowest BCUT2D eigenvalue weighted by atomic mass is 9.92. The first kappa shape index (κ1) is 14.4. The Bertz CT molecular complexity index is 431. The molecular formula is C16H26N2O. The van der Waals surface area contributed by atoms with E-state index in [9.17, 15) is 0 Å². The van der Waals surface area contributed by atoms with Crippen LogP contribution in [0, 0.1) is 0 Å². The maximum Gasteiger partial charge on any atom is 0.124 e. The lowest BCUT2D eigenvalue weighted by Crippen LogP contribution is -2.38. The summed E-state index contributed by atoms with van der Waals surface area (Å²) >= 11 is 0. The molecule has 19 heavy (non-hydrogen) atoms. The Labute approximate surface area is 116 Å². The molecule has 0 saturated heterocycles. The molecule has 1 aromatic rings. The summed E-state index contributed by atoms with van der Waals surface area (Å²) in [5.41, 5.74) is 9.83. The SMILES string of the molecule is CCCN1Cc2cc(OCC)c(CN)cc2CC1C. The number of fused-ring (bicyclic) bond motifs is 1. The van der Waals surface area contributed by atoms with Gasteiger partial charge in [0.1, 0.15) is 5.75 Å². The zero-order chi connectivity index (χ0) is 13.8. The van der Waals surface area contributed by atoms with Gasteiger partial charge in [0.2, 0.25) is 0 Å². The van der Waals surface area contributed by atoms with E-state index >= 15 is 0 Å². The smallest absolute Gasteiger partial charge is 0.124 e. The van der Waals surface area contributed by atoms with Crippen molar-refractivity contribution in [2.75, 3.05) is 13.2 Å². The average molecular weight is 262 g/mol. The summed E-state index contributed by atoms with van der Waals surface area (Å²) < 4.78 is 5.72. The third-order valence-corrected chi connectivity index (χ3v) is 3.93. The summed E-state index contributed by atoms with van der Waals surface area (Å²) in [5.74, 6) is 0.967. The van der Waals surface area contributed by atoms with Crippen LogP contribution >= 0.6 is 0 Å². The third-order valence-electron chi connectivity index (χ3n) is 3.93. The molecule has 1 aliphatic heterocycles. The van der Waals surface area contributed by atoms with Gasteiger partial charge in [-0.05, 0) is 50.4 Å². The van der Waals surface area contributed by atoms with E-state index in [1.54, 1.807) is 0 Å². The molecule has 0 bridgehead atoms. The van der Waals surface area contributed by atoms with Crippen molar-refractivity contribution in [2.45, 2.75) is 52.7 Å². The monoisotopic (exact) mass is 262 g/mol. The van der Waals surface area contributed by atoms with Crippen LogP contribution in [0.4, 0.5) is 0 Å². The molecule has 0 saturated carbocycles. The van der Waals surface area contributed by atoms with Crippen molar-refractivity contribution >= 4 is 0 Å². The molecule has 1 heterocycles. The Balaban J connectivity index is 2.29. The summed E-state index contributed by atoms with van der Waals surface area (Å²) in [7, 11) is 0. The van der Waals surface area contributed by atoms with Gasteiger partial charge in [0, 0.05) is 24.7 Å². The fraction of sp³-hybridized carbons (Fsp3) is 0.625. The molecule has 106 valence electrons. The van der Waals surface area contributed by atoms with Gasteiger partial charge in [-0.2, -0.15) is 0 Å². The molecule has 1 aliphatic rings. The van der Waals surface area contributed by atoms with Gasteiger partial charge in [-0.1, -0.05) is 13.0 Å². The predicted molar refractivity (Wildman–Crippen MR) is 79.4 cm³/mol. The van der Waals surface area contributed by atoms with Crippen LogP contribution in [0.15, 0.2) is 12.1 Å². The van der Waals surface area contributed by atoms with Crippen LogP contribution in [0.3, 0.4) is 0 Å². The van der Waals surface area contributed by atoms with Crippen molar-refractivity contribution < 1.29 is 4.74 Å². The number of benzene rings is 1. The quantitative estimate of drug-likeness (QED) is 0.886.